The van der Waals surface area contributed by atoms with E-state index in [9.17, 15) is 9.50 Å². The molecule has 26 heavy (non-hydrogen) atoms. The zero-order valence-electron chi connectivity index (χ0n) is 15.5. The summed E-state index contributed by atoms with van der Waals surface area (Å²) in [4.78, 5) is 0. The highest BCUT2D eigenvalue weighted by atomic mass is 19.1. The van der Waals surface area contributed by atoms with Crippen LogP contribution >= 0.6 is 0 Å². The van der Waals surface area contributed by atoms with Crippen molar-refractivity contribution in [3.63, 3.8) is 0 Å². The van der Waals surface area contributed by atoms with Gasteiger partial charge < -0.3 is 19.9 Å². The molecule has 4 atom stereocenters. The Balaban J connectivity index is 1.69. The minimum Gasteiger partial charge on any atom is -0.505 e. The van der Waals surface area contributed by atoms with Gasteiger partial charge in [0.25, 0.3) is 0 Å². The quantitative estimate of drug-likeness (QED) is 0.772. The minimum absolute atomic E-state index is 0.0501. The number of fused-ring (bicyclic) bond motifs is 3. The smallest absolute Gasteiger partial charge is 0.146 e. The first kappa shape index (κ1) is 17.6. The van der Waals surface area contributed by atoms with E-state index in [4.69, 9.17) is 9.47 Å². The third-order valence-corrected chi connectivity index (χ3v) is 5.55. The van der Waals surface area contributed by atoms with Gasteiger partial charge in [0.05, 0.1) is 19.3 Å². The zero-order chi connectivity index (χ0) is 18.5. The van der Waals surface area contributed by atoms with Crippen molar-refractivity contribution in [3.8, 4) is 0 Å². The van der Waals surface area contributed by atoms with E-state index < -0.39 is 5.83 Å². The second-order valence-electron chi connectivity index (χ2n) is 8.37. The van der Waals surface area contributed by atoms with Crippen molar-refractivity contribution in [1.29, 1.82) is 0 Å². The van der Waals surface area contributed by atoms with Crippen LogP contribution < -0.4 is 5.32 Å². The van der Waals surface area contributed by atoms with E-state index in [1.54, 1.807) is 0 Å². The summed E-state index contributed by atoms with van der Waals surface area (Å²) in [5, 5.41) is 13.1. The van der Waals surface area contributed by atoms with Crippen LogP contribution in [0.25, 0.3) is 0 Å². The van der Waals surface area contributed by atoms with E-state index in [2.05, 4.69) is 44.3 Å². The first-order valence-electron chi connectivity index (χ1n) is 9.24. The molecule has 2 aliphatic heterocycles. The molecule has 1 saturated heterocycles. The van der Waals surface area contributed by atoms with Crippen LogP contribution in [0.4, 0.5) is 10.1 Å². The Labute approximate surface area is 153 Å². The van der Waals surface area contributed by atoms with E-state index >= 15 is 0 Å². The Hall–Kier alpha value is -1.85. The second-order valence-corrected chi connectivity index (χ2v) is 8.37. The van der Waals surface area contributed by atoms with Gasteiger partial charge in [-0.25, -0.2) is 4.39 Å². The molecule has 0 aromatic heterocycles. The van der Waals surface area contributed by atoms with Crippen molar-refractivity contribution in [2.45, 2.75) is 50.9 Å². The van der Waals surface area contributed by atoms with Gasteiger partial charge in [-0.15, -0.1) is 0 Å². The molecule has 1 aromatic carbocycles. The number of rotatable bonds is 1. The van der Waals surface area contributed by atoms with Crippen LogP contribution in [-0.2, 0) is 14.9 Å². The van der Waals surface area contributed by atoms with Crippen LogP contribution in [0.1, 0.15) is 44.4 Å². The molecule has 0 bridgehead atoms. The van der Waals surface area contributed by atoms with Crippen molar-refractivity contribution < 1.29 is 19.0 Å². The molecule has 0 radical (unpaired) electrons. The Morgan fingerprint density at radius 2 is 1.96 bits per heavy atom. The summed E-state index contributed by atoms with van der Waals surface area (Å²) in [5.41, 5.74) is 3.43. The molecule has 4 nitrogen and oxygen atoms in total. The normalized spacial score (nSPS) is 31.2. The third kappa shape index (κ3) is 3.03. The largest absolute Gasteiger partial charge is 0.505 e. The fraction of sp³-hybridized carbons (Fsp3) is 0.524. The van der Waals surface area contributed by atoms with Crippen LogP contribution in [0.15, 0.2) is 41.9 Å². The number of halogens is 1. The summed E-state index contributed by atoms with van der Waals surface area (Å²) in [5.74, 6) is -0.846. The molecule has 2 heterocycles. The summed E-state index contributed by atoms with van der Waals surface area (Å²) in [6.07, 6.45) is 3.13. The maximum Gasteiger partial charge on any atom is 0.146 e. The fourth-order valence-corrected chi connectivity index (χ4v) is 4.04. The van der Waals surface area contributed by atoms with Gasteiger partial charge in [-0.05, 0) is 23.1 Å². The summed E-state index contributed by atoms with van der Waals surface area (Å²) >= 11 is 0. The number of benzene rings is 1. The molecule has 5 heteroatoms. The summed E-state index contributed by atoms with van der Waals surface area (Å²) in [7, 11) is 0. The van der Waals surface area contributed by atoms with Gasteiger partial charge >= 0.3 is 0 Å². The number of hydrogen-bond donors (Lipinski definition) is 2. The number of ether oxygens (including phenoxy) is 2. The maximum atomic E-state index is 14.0. The van der Waals surface area contributed by atoms with E-state index in [1.165, 1.54) is 11.6 Å². The Morgan fingerprint density at radius 1 is 1.19 bits per heavy atom. The third-order valence-electron chi connectivity index (χ3n) is 5.55. The molecule has 2 N–H and O–H groups in total. The van der Waals surface area contributed by atoms with Crippen LogP contribution in [0.2, 0.25) is 0 Å². The fourth-order valence-electron chi connectivity index (χ4n) is 4.04. The molecule has 4 rings (SSSR count). The number of anilines is 1. The Kier molecular flexibility index (Phi) is 4.32. The van der Waals surface area contributed by atoms with Crippen molar-refractivity contribution >= 4 is 5.69 Å². The van der Waals surface area contributed by atoms with Crippen LogP contribution in [0, 0.1) is 5.92 Å². The lowest BCUT2D eigenvalue weighted by Crippen LogP contribution is -2.51. The van der Waals surface area contributed by atoms with E-state index in [-0.39, 0.29) is 41.8 Å². The Bertz CT molecular complexity index is 765. The topological polar surface area (TPSA) is 50.7 Å². The predicted octanol–water partition coefficient (Wildman–Crippen LogP) is 4.55. The molecule has 1 aromatic rings. The molecule has 0 spiro atoms. The molecular formula is C21H26FNO3. The average molecular weight is 359 g/mol. The monoisotopic (exact) mass is 359 g/mol. The van der Waals surface area contributed by atoms with Gasteiger partial charge in [0.1, 0.15) is 23.8 Å². The van der Waals surface area contributed by atoms with Gasteiger partial charge in [-0.2, -0.15) is 0 Å². The number of allylic oxidation sites excluding steroid dienone is 2. The molecule has 1 aliphatic carbocycles. The molecule has 3 aliphatic rings. The van der Waals surface area contributed by atoms with Crippen LogP contribution in [0.5, 0.6) is 0 Å². The number of hydrogen-bond acceptors (Lipinski definition) is 4. The zero-order valence-corrected chi connectivity index (χ0v) is 15.5. The summed E-state index contributed by atoms with van der Waals surface area (Å²) in [6.45, 7) is 7.67. The molecule has 0 saturated carbocycles. The van der Waals surface area contributed by atoms with Crippen LogP contribution in [-0.4, -0.2) is 30.5 Å². The molecule has 1 unspecified atom stereocenters. The summed E-state index contributed by atoms with van der Waals surface area (Å²) < 4.78 is 26.1. The number of aliphatic hydroxyl groups excluding tert-OH is 1. The van der Waals surface area contributed by atoms with Crippen molar-refractivity contribution in [3.05, 3.63) is 53.1 Å². The van der Waals surface area contributed by atoms with Gasteiger partial charge in [0.15, 0.2) is 0 Å². The second kappa shape index (κ2) is 6.39. The molecular weight excluding hydrogens is 333 g/mol. The standard InChI is InChI=1S/C21H26FNO3/c1-21(2,3)13-5-6-16-14(11-13)19-20(26-9-8-25-19)18(23-16)12-4-7-17(24)15(22)10-12/h4-7,11-12,18-20,23-24H,8-10H2,1-3H3/t12?,18-,19+,20-/m0/s1. The first-order valence-corrected chi connectivity index (χ1v) is 9.24. The van der Waals surface area contributed by atoms with Gasteiger partial charge in [-0.3, -0.25) is 0 Å². The highest BCUT2D eigenvalue weighted by molar-refractivity contribution is 5.59. The summed E-state index contributed by atoms with van der Waals surface area (Å²) in [6, 6.07) is 6.32. The Morgan fingerprint density at radius 3 is 2.69 bits per heavy atom. The highest BCUT2D eigenvalue weighted by Crippen LogP contribution is 2.44. The molecule has 1 fully saturated rings. The highest BCUT2D eigenvalue weighted by Gasteiger charge is 2.44. The van der Waals surface area contributed by atoms with Crippen molar-refractivity contribution in [1.82, 2.24) is 0 Å². The van der Waals surface area contributed by atoms with E-state index in [1.807, 2.05) is 6.08 Å². The SMILES string of the molecule is CC(C)(C)c1ccc2c(c1)[C@H]1OCCO[C@H]1[C@H](C1C=CC(O)=C(F)C1)N2. The lowest BCUT2D eigenvalue weighted by Gasteiger charge is -2.45. The number of nitrogens with one attached hydrogen (secondary N) is 1. The van der Waals surface area contributed by atoms with Gasteiger partial charge in [0.2, 0.25) is 0 Å². The van der Waals surface area contributed by atoms with Gasteiger partial charge in [-0.1, -0.05) is 39.0 Å². The maximum absolute atomic E-state index is 14.0. The molecule has 0 amide bonds. The van der Waals surface area contributed by atoms with E-state index in [0.29, 0.717) is 13.2 Å². The molecule has 140 valence electrons. The lowest BCUT2D eigenvalue weighted by atomic mass is 9.79. The average Bonchev–Trinajstić information content (AvgIpc) is 2.62. The lowest BCUT2D eigenvalue weighted by molar-refractivity contribution is -0.154. The minimum atomic E-state index is -0.471. The van der Waals surface area contributed by atoms with Crippen molar-refractivity contribution in [2.24, 2.45) is 5.92 Å². The number of aliphatic hydroxyl groups is 1. The van der Waals surface area contributed by atoms with E-state index in [0.717, 1.165) is 11.3 Å². The first-order chi connectivity index (χ1) is 12.3. The van der Waals surface area contributed by atoms with Gasteiger partial charge in [0, 0.05) is 23.6 Å². The van der Waals surface area contributed by atoms with Crippen molar-refractivity contribution in [2.75, 3.05) is 18.5 Å². The van der Waals surface area contributed by atoms with Crippen LogP contribution in [0.3, 0.4) is 0 Å². The predicted molar refractivity (Wildman–Crippen MR) is 99.0 cm³/mol.